The minimum Gasteiger partial charge on any atom is -0.354 e. The molecule has 0 aliphatic carbocycles. The van der Waals surface area contributed by atoms with Gasteiger partial charge in [-0.15, -0.1) is 10.2 Å². The summed E-state index contributed by atoms with van der Waals surface area (Å²) in [5, 5.41) is 20.3. The number of hydrogen-bond donors (Lipinski definition) is 1. The van der Waals surface area contributed by atoms with Gasteiger partial charge >= 0.3 is 0 Å². The first kappa shape index (κ1) is 9.78. The summed E-state index contributed by atoms with van der Waals surface area (Å²) in [6, 6.07) is 3.85. The zero-order valence-electron chi connectivity index (χ0n) is 9.09. The van der Waals surface area contributed by atoms with Gasteiger partial charge in [0.05, 0.1) is 5.56 Å². The monoisotopic (exact) mass is 226 g/mol. The van der Waals surface area contributed by atoms with Gasteiger partial charge in [-0.05, 0) is 12.5 Å². The van der Waals surface area contributed by atoms with Crippen LogP contribution in [0.3, 0.4) is 0 Å². The lowest BCUT2D eigenvalue weighted by molar-refractivity contribution is 0.631. The molecule has 0 unspecified atom stereocenters. The Bertz CT molecular complexity index is 594. The van der Waals surface area contributed by atoms with Crippen molar-refractivity contribution in [3.63, 3.8) is 0 Å². The molecule has 2 aromatic heterocycles. The maximum atomic E-state index is 8.85. The fraction of sp³-hybridized carbons (Fsp3) is 0.273. The average Bonchev–Trinajstić information content (AvgIpc) is 2.82. The highest BCUT2D eigenvalue weighted by molar-refractivity contribution is 5.58. The molecule has 0 bridgehead atoms. The number of anilines is 1. The topological polar surface area (TPSA) is 79.4 Å². The zero-order chi connectivity index (χ0) is 11.7. The Balaban J connectivity index is 2.09. The zero-order valence-corrected chi connectivity index (χ0v) is 9.09. The molecule has 0 aromatic carbocycles. The Labute approximate surface area is 97.9 Å². The molecule has 1 aliphatic heterocycles. The number of fused-ring (bicyclic) bond motifs is 1. The standard InChI is InChI=1S/C11H10N6/c12-5-8-4-9(7-13-6-8)10-15-16-11-14-2-1-3-17(10)11/h4,6-7H,1-3H2,(H,14,16). The third-order valence-corrected chi connectivity index (χ3v) is 2.72. The fourth-order valence-electron chi connectivity index (χ4n) is 1.92. The van der Waals surface area contributed by atoms with Crippen molar-refractivity contribution in [1.29, 1.82) is 5.26 Å². The molecule has 84 valence electrons. The van der Waals surface area contributed by atoms with Crippen LogP contribution in [0.2, 0.25) is 0 Å². The maximum absolute atomic E-state index is 8.85. The molecule has 0 atom stereocenters. The molecule has 0 fully saturated rings. The van der Waals surface area contributed by atoms with Crippen LogP contribution in [-0.4, -0.2) is 26.3 Å². The summed E-state index contributed by atoms with van der Waals surface area (Å²) in [6.07, 6.45) is 4.28. The van der Waals surface area contributed by atoms with Crippen LogP contribution in [0.25, 0.3) is 11.4 Å². The first-order chi connectivity index (χ1) is 8.38. The van der Waals surface area contributed by atoms with E-state index in [4.69, 9.17) is 5.26 Å². The van der Waals surface area contributed by atoms with Gasteiger partial charge in [-0.25, -0.2) is 0 Å². The first-order valence-corrected chi connectivity index (χ1v) is 5.41. The third kappa shape index (κ3) is 1.61. The van der Waals surface area contributed by atoms with Gasteiger partial charge in [0, 0.05) is 31.0 Å². The van der Waals surface area contributed by atoms with Crippen LogP contribution in [0.15, 0.2) is 18.5 Å². The van der Waals surface area contributed by atoms with E-state index in [-0.39, 0.29) is 0 Å². The second-order valence-electron chi connectivity index (χ2n) is 3.85. The van der Waals surface area contributed by atoms with Gasteiger partial charge in [0.15, 0.2) is 5.82 Å². The second kappa shape index (κ2) is 3.87. The van der Waals surface area contributed by atoms with Gasteiger partial charge in [0.2, 0.25) is 5.95 Å². The van der Waals surface area contributed by atoms with E-state index in [2.05, 4.69) is 26.6 Å². The van der Waals surface area contributed by atoms with Crippen LogP contribution in [0.1, 0.15) is 12.0 Å². The van der Waals surface area contributed by atoms with Crippen LogP contribution in [0.4, 0.5) is 5.95 Å². The molecule has 0 radical (unpaired) electrons. The predicted octanol–water partition coefficient (Wildman–Crippen LogP) is 1.03. The summed E-state index contributed by atoms with van der Waals surface area (Å²) in [4.78, 5) is 4.04. The number of rotatable bonds is 1. The van der Waals surface area contributed by atoms with Crippen molar-refractivity contribution in [3.05, 3.63) is 24.0 Å². The van der Waals surface area contributed by atoms with Crippen molar-refractivity contribution in [2.75, 3.05) is 11.9 Å². The molecule has 3 heterocycles. The van der Waals surface area contributed by atoms with E-state index in [1.54, 1.807) is 12.3 Å². The summed E-state index contributed by atoms with van der Waals surface area (Å²) >= 11 is 0. The highest BCUT2D eigenvalue weighted by Crippen LogP contribution is 2.22. The van der Waals surface area contributed by atoms with Gasteiger partial charge in [0.25, 0.3) is 0 Å². The molecule has 3 rings (SSSR count). The van der Waals surface area contributed by atoms with Crippen LogP contribution in [-0.2, 0) is 6.54 Å². The van der Waals surface area contributed by atoms with E-state index in [0.29, 0.717) is 5.56 Å². The van der Waals surface area contributed by atoms with Crippen molar-refractivity contribution in [3.8, 4) is 17.5 Å². The molecular formula is C11H10N6. The normalized spacial score (nSPS) is 13.6. The molecule has 17 heavy (non-hydrogen) atoms. The molecule has 6 nitrogen and oxygen atoms in total. The van der Waals surface area contributed by atoms with Gasteiger partial charge < -0.3 is 5.32 Å². The molecule has 1 aliphatic rings. The van der Waals surface area contributed by atoms with Gasteiger partial charge in [-0.3, -0.25) is 9.55 Å². The van der Waals surface area contributed by atoms with E-state index in [1.807, 2.05) is 4.57 Å². The number of hydrogen-bond acceptors (Lipinski definition) is 5. The highest BCUT2D eigenvalue weighted by atomic mass is 15.4. The largest absolute Gasteiger partial charge is 0.354 e. The average molecular weight is 226 g/mol. The highest BCUT2D eigenvalue weighted by Gasteiger charge is 2.16. The van der Waals surface area contributed by atoms with Crippen LogP contribution >= 0.6 is 0 Å². The molecule has 6 heteroatoms. The van der Waals surface area contributed by atoms with Crippen LogP contribution < -0.4 is 5.32 Å². The van der Waals surface area contributed by atoms with E-state index >= 15 is 0 Å². The number of nitrogens with one attached hydrogen (secondary N) is 1. The quantitative estimate of drug-likeness (QED) is 0.785. The minimum absolute atomic E-state index is 0.531. The van der Waals surface area contributed by atoms with E-state index in [1.165, 1.54) is 6.20 Å². The fourth-order valence-corrected chi connectivity index (χ4v) is 1.92. The summed E-state index contributed by atoms with van der Waals surface area (Å²) < 4.78 is 2.02. The molecule has 1 N–H and O–H groups in total. The van der Waals surface area contributed by atoms with Crippen molar-refractivity contribution in [2.45, 2.75) is 13.0 Å². The number of nitrogens with zero attached hydrogens (tertiary/aromatic N) is 5. The molecular weight excluding hydrogens is 216 g/mol. The molecule has 0 saturated carbocycles. The SMILES string of the molecule is N#Cc1cncc(-c2nnc3n2CCCN3)c1. The summed E-state index contributed by atoms with van der Waals surface area (Å²) in [6.45, 7) is 1.82. The molecule has 0 saturated heterocycles. The Hall–Kier alpha value is -2.42. The second-order valence-corrected chi connectivity index (χ2v) is 3.85. The lowest BCUT2D eigenvalue weighted by atomic mass is 10.2. The maximum Gasteiger partial charge on any atom is 0.224 e. The number of nitriles is 1. The molecule has 0 amide bonds. The smallest absolute Gasteiger partial charge is 0.224 e. The van der Waals surface area contributed by atoms with E-state index in [9.17, 15) is 0 Å². The molecule has 2 aromatic rings. The Morgan fingerprint density at radius 2 is 2.29 bits per heavy atom. The number of pyridine rings is 1. The van der Waals surface area contributed by atoms with Gasteiger partial charge in [-0.1, -0.05) is 0 Å². The number of aromatic nitrogens is 4. The van der Waals surface area contributed by atoms with E-state index < -0.39 is 0 Å². The summed E-state index contributed by atoms with van der Waals surface area (Å²) in [7, 11) is 0. The Kier molecular flexibility index (Phi) is 2.22. The van der Waals surface area contributed by atoms with Crippen molar-refractivity contribution in [2.24, 2.45) is 0 Å². The third-order valence-electron chi connectivity index (χ3n) is 2.72. The van der Waals surface area contributed by atoms with Crippen LogP contribution in [0, 0.1) is 11.3 Å². The summed E-state index contributed by atoms with van der Waals surface area (Å²) in [5.74, 6) is 1.55. The first-order valence-electron chi connectivity index (χ1n) is 5.41. The minimum atomic E-state index is 0.531. The lowest BCUT2D eigenvalue weighted by Gasteiger charge is -2.16. The van der Waals surface area contributed by atoms with Crippen molar-refractivity contribution >= 4 is 5.95 Å². The van der Waals surface area contributed by atoms with Gasteiger partial charge in [-0.2, -0.15) is 5.26 Å². The van der Waals surface area contributed by atoms with Crippen molar-refractivity contribution in [1.82, 2.24) is 19.7 Å². The Morgan fingerprint density at radius 3 is 3.18 bits per heavy atom. The predicted molar refractivity (Wildman–Crippen MR) is 61.1 cm³/mol. The summed E-state index contributed by atoms with van der Waals surface area (Å²) in [5.41, 5.74) is 1.36. The van der Waals surface area contributed by atoms with Crippen LogP contribution in [0.5, 0.6) is 0 Å². The lowest BCUT2D eigenvalue weighted by Crippen LogP contribution is -2.17. The van der Waals surface area contributed by atoms with Crippen molar-refractivity contribution < 1.29 is 0 Å². The van der Waals surface area contributed by atoms with Gasteiger partial charge in [0.1, 0.15) is 6.07 Å². The van der Waals surface area contributed by atoms with E-state index in [0.717, 1.165) is 36.8 Å². The Morgan fingerprint density at radius 1 is 1.35 bits per heavy atom. The molecule has 0 spiro atoms.